The highest BCUT2D eigenvalue weighted by atomic mass is 19.1. The molecule has 2 N–H and O–H groups in total. The molecular weight excluding hydrogens is 417 g/mol. The van der Waals surface area contributed by atoms with E-state index in [2.05, 4.69) is 41.9 Å². The fraction of sp³-hybridized carbons (Fsp3) is 0.296. The van der Waals surface area contributed by atoms with Gasteiger partial charge in [-0.3, -0.25) is 14.6 Å². The molecule has 0 spiro atoms. The van der Waals surface area contributed by atoms with E-state index in [4.69, 9.17) is 0 Å². The third-order valence-electron chi connectivity index (χ3n) is 5.61. The molecule has 0 aliphatic carbocycles. The van der Waals surface area contributed by atoms with Crippen LogP contribution in [0.1, 0.15) is 46.4 Å². The average molecular weight is 450 g/mol. The summed E-state index contributed by atoms with van der Waals surface area (Å²) in [5.41, 5.74) is 10.7. The molecule has 1 unspecified atom stereocenters. The highest BCUT2D eigenvalue weighted by Gasteiger charge is 2.24. The zero-order chi connectivity index (χ0) is 24.2. The lowest BCUT2D eigenvalue weighted by molar-refractivity contribution is -0.117. The Kier molecular flexibility index (Phi) is 10.4. The van der Waals surface area contributed by atoms with Gasteiger partial charge in [0, 0.05) is 30.3 Å². The number of rotatable bonds is 5. The van der Waals surface area contributed by atoms with Crippen LogP contribution in [0.2, 0.25) is 0 Å². The number of carbonyl (C=O) groups is 2. The molecule has 1 fully saturated rings. The third kappa shape index (κ3) is 7.05. The van der Waals surface area contributed by atoms with Crippen LogP contribution in [0.3, 0.4) is 0 Å². The molecule has 3 aromatic rings. The molecule has 1 saturated heterocycles. The minimum atomic E-state index is -0.282. The number of aldehydes is 1. The Labute approximate surface area is 195 Å². The molecule has 1 amide bonds. The van der Waals surface area contributed by atoms with Gasteiger partial charge in [-0.25, -0.2) is 4.39 Å². The number of nitrogens with zero attached hydrogens (tertiary/aromatic N) is 2. The fourth-order valence-corrected chi connectivity index (χ4v) is 3.91. The molecule has 1 aromatic heterocycles. The van der Waals surface area contributed by atoms with Crippen molar-refractivity contribution in [2.75, 3.05) is 20.1 Å². The number of aryl methyl sites for hydroxylation is 2. The molecular formula is C27H32FN3O2. The predicted molar refractivity (Wildman–Crippen MR) is 131 cm³/mol. The Balaban J connectivity index is 0.000000323. The quantitative estimate of drug-likeness (QED) is 0.569. The maximum Gasteiger partial charge on any atom is 0.209 e. The van der Waals surface area contributed by atoms with Crippen molar-refractivity contribution in [2.45, 2.75) is 32.6 Å². The second-order valence-electron chi connectivity index (χ2n) is 7.68. The molecule has 0 radical (unpaired) electrons. The molecule has 1 aliphatic heterocycles. The van der Waals surface area contributed by atoms with Crippen molar-refractivity contribution in [3.8, 4) is 11.1 Å². The van der Waals surface area contributed by atoms with Gasteiger partial charge in [0.1, 0.15) is 12.1 Å². The van der Waals surface area contributed by atoms with Crippen LogP contribution in [0.5, 0.6) is 0 Å². The van der Waals surface area contributed by atoms with Gasteiger partial charge in [-0.1, -0.05) is 43.3 Å². The smallest absolute Gasteiger partial charge is 0.209 e. The molecule has 2 aromatic carbocycles. The van der Waals surface area contributed by atoms with E-state index >= 15 is 0 Å². The summed E-state index contributed by atoms with van der Waals surface area (Å²) in [7, 11) is 1.50. The number of pyridine rings is 1. The zero-order valence-electron chi connectivity index (χ0n) is 19.5. The number of likely N-dealkylation sites (tertiary alicyclic amines) is 1. The maximum atomic E-state index is 12.0. The van der Waals surface area contributed by atoms with E-state index in [0.29, 0.717) is 6.54 Å². The topological polar surface area (TPSA) is 76.3 Å². The molecule has 33 heavy (non-hydrogen) atoms. The molecule has 174 valence electrons. The molecule has 0 saturated carbocycles. The van der Waals surface area contributed by atoms with Gasteiger partial charge in [0.15, 0.2) is 0 Å². The third-order valence-corrected chi connectivity index (χ3v) is 5.61. The lowest BCUT2D eigenvalue weighted by Gasteiger charge is -2.15. The summed E-state index contributed by atoms with van der Waals surface area (Å²) in [6, 6.07) is 17.5. The van der Waals surface area contributed by atoms with E-state index in [0.717, 1.165) is 54.5 Å². The van der Waals surface area contributed by atoms with Crippen LogP contribution in [0.25, 0.3) is 11.1 Å². The number of hydrogen-bond donors (Lipinski definition) is 1. The highest BCUT2D eigenvalue weighted by molar-refractivity contribution is 5.82. The standard InChI is InChI=1S/C20H21NO2.C6H6FN.CH5N/c1-2-15-5-3-4-6-19(15)16-7-8-20(18(11-16)13-22)17-9-10-21(12-17)14-23;1-5-2-3-6(7)4-8-5;1-2/h3-8,11,13-14,17H,2,9-10,12H2,1H3;2-4H,1H3;2H2,1H3. The maximum absolute atomic E-state index is 12.0. The van der Waals surface area contributed by atoms with Gasteiger partial charge >= 0.3 is 0 Å². The highest BCUT2D eigenvalue weighted by Crippen LogP contribution is 2.32. The van der Waals surface area contributed by atoms with E-state index in [9.17, 15) is 14.0 Å². The molecule has 1 aliphatic rings. The van der Waals surface area contributed by atoms with Crippen molar-refractivity contribution in [1.82, 2.24) is 9.88 Å². The van der Waals surface area contributed by atoms with E-state index in [1.54, 1.807) is 11.0 Å². The monoisotopic (exact) mass is 449 g/mol. The summed E-state index contributed by atoms with van der Waals surface area (Å²) in [5.74, 6) is -0.0218. The number of carbonyl (C=O) groups excluding carboxylic acids is 2. The van der Waals surface area contributed by atoms with Crippen molar-refractivity contribution >= 4 is 12.7 Å². The predicted octanol–water partition coefficient (Wildman–Crippen LogP) is 4.78. The first-order chi connectivity index (χ1) is 16.0. The van der Waals surface area contributed by atoms with E-state index in [-0.39, 0.29) is 11.7 Å². The van der Waals surface area contributed by atoms with Gasteiger partial charge in [0.2, 0.25) is 6.41 Å². The lowest BCUT2D eigenvalue weighted by atomic mass is 9.90. The van der Waals surface area contributed by atoms with Gasteiger partial charge in [0.25, 0.3) is 0 Å². The average Bonchev–Trinajstić information content (AvgIpc) is 3.36. The Bertz CT molecular complexity index is 1020. The van der Waals surface area contributed by atoms with Crippen LogP contribution in [0, 0.1) is 12.7 Å². The van der Waals surface area contributed by atoms with Crippen molar-refractivity contribution in [2.24, 2.45) is 5.73 Å². The zero-order valence-corrected chi connectivity index (χ0v) is 19.5. The SMILES string of the molecule is CCc1ccccc1-c1ccc(C2CCN(C=O)C2)c(C=O)c1.CN.Cc1ccc(F)cn1. The summed E-state index contributed by atoms with van der Waals surface area (Å²) >= 11 is 0. The molecule has 0 bridgehead atoms. The Morgan fingerprint density at radius 1 is 1.12 bits per heavy atom. The first-order valence-corrected chi connectivity index (χ1v) is 11.1. The Hall–Kier alpha value is -3.38. The first-order valence-electron chi connectivity index (χ1n) is 11.1. The van der Waals surface area contributed by atoms with Crippen molar-refractivity contribution in [3.05, 3.63) is 89.0 Å². The molecule has 1 atom stereocenters. The van der Waals surface area contributed by atoms with Crippen LogP contribution < -0.4 is 5.73 Å². The van der Waals surface area contributed by atoms with Gasteiger partial charge in [-0.05, 0) is 67.3 Å². The summed E-state index contributed by atoms with van der Waals surface area (Å²) in [4.78, 5) is 28.0. The van der Waals surface area contributed by atoms with Crippen LogP contribution in [-0.4, -0.2) is 42.7 Å². The summed E-state index contributed by atoms with van der Waals surface area (Å²) < 4.78 is 12.0. The molecule has 2 heterocycles. The van der Waals surface area contributed by atoms with Gasteiger partial charge in [-0.15, -0.1) is 0 Å². The lowest BCUT2D eigenvalue weighted by Crippen LogP contribution is -2.17. The van der Waals surface area contributed by atoms with E-state index in [1.807, 2.05) is 25.1 Å². The van der Waals surface area contributed by atoms with Crippen molar-refractivity contribution < 1.29 is 14.0 Å². The number of amides is 1. The summed E-state index contributed by atoms with van der Waals surface area (Å²) in [6.45, 7) is 5.43. The number of benzene rings is 2. The second kappa shape index (κ2) is 13.2. The van der Waals surface area contributed by atoms with Crippen LogP contribution >= 0.6 is 0 Å². The van der Waals surface area contributed by atoms with Gasteiger partial charge < -0.3 is 10.6 Å². The van der Waals surface area contributed by atoms with Gasteiger partial charge in [0.05, 0.1) is 6.20 Å². The molecule has 6 heteroatoms. The largest absolute Gasteiger partial charge is 0.345 e. The van der Waals surface area contributed by atoms with Crippen LogP contribution in [0.15, 0.2) is 60.8 Å². The number of nitrogens with two attached hydrogens (primary N) is 1. The molecule has 5 nitrogen and oxygen atoms in total. The van der Waals surface area contributed by atoms with Crippen LogP contribution in [0.4, 0.5) is 4.39 Å². The Morgan fingerprint density at radius 2 is 1.88 bits per heavy atom. The van der Waals surface area contributed by atoms with Crippen molar-refractivity contribution in [1.29, 1.82) is 0 Å². The fourth-order valence-electron chi connectivity index (χ4n) is 3.91. The normalized spacial score (nSPS) is 14.5. The summed E-state index contributed by atoms with van der Waals surface area (Å²) in [5, 5.41) is 0. The molecule has 4 rings (SSSR count). The second-order valence-corrected chi connectivity index (χ2v) is 7.68. The van der Waals surface area contributed by atoms with Crippen LogP contribution in [-0.2, 0) is 11.2 Å². The first kappa shape index (κ1) is 25.9. The number of halogens is 1. The number of hydrogen-bond acceptors (Lipinski definition) is 4. The van der Waals surface area contributed by atoms with E-state index < -0.39 is 0 Å². The Morgan fingerprint density at radius 3 is 2.45 bits per heavy atom. The number of aromatic nitrogens is 1. The minimum Gasteiger partial charge on any atom is -0.345 e. The van der Waals surface area contributed by atoms with Gasteiger partial charge in [-0.2, -0.15) is 0 Å². The van der Waals surface area contributed by atoms with Crippen molar-refractivity contribution in [3.63, 3.8) is 0 Å². The van der Waals surface area contributed by atoms with E-state index in [1.165, 1.54) is 30.4 Å². The minimum absolute atomic E-state index is 0.260. The summed E-state index contributed by atoms with van der Waals surface area (Å²) in [6.07, 6.45) is 4.93.